The van der Waals surface area contributed by atoms with Gasteiger partial charge in [-0.1, -0.05) is 23.2 Å². The van der Waals surface area contributed by atoms with Gasteiger partial charge in [-0.15, -0.1) is 0 Å². The molecular formula is C10H7Cl2N3O2. The Bertz CT molecular complexity index is 598. The highest BCUT2D eigenvalue weighted by Crippen LogP contribution is 2.22. The molecule has 0 saturated carbocycles. The summed E-state index contributed by atoms with van der Waals surface area (Å²) in [6.07, 6.45) is 0. The molecule has 1 aromatic heterocycles. The van der Waals surface area contributed by atoms with E-state index in [1.165, 1.54) is 0 Å². The highest BCUT2D eigenvalue weighted by atomic mass is 35.5. The maximum absolute atomic E-state index is 11.7. The Kier molecular flexibility index (Phi) is 3.21. The van der Waals surface area contributed by atoms with Crippen molar-refractivity contribution in [3.8, 4) is 0 Å². The maximum atomic E-state index is 11.7. The van der Waals surface area contributed by atoms with Gasteiger partial charge in [-0.25, -0.2) is 0 Å². The Balaban J connectivity index is 2.21. The molecule has 3 N–H and O–H groups in total. The summed E-state index contributed by atoms with van der Waals surface area (Å²) in [5, 5.41) is 8.08. The van der Waals surface area contributed by atoms with Crippen LogP contribution < -0.4 is 10.9 Å². The van der Waals surface area contributed by atoms with Crippen LogP contribution in [0.5, 0.6) is 0 Å². The van der Waals surface area contributed by atoms with Crippen molar-refractivity contribution in [2.75, 3.05) is 5.32 Å². The van der Waals surface area contributed by atoms with Crippen LogP contribution in [0.4, 0.5) is 5.69 Å². The number of H-pyrrole nitrogens is 2. The van der Waals surface area contributed by atoms with Gasteiger partial charge >= 0.3 is 0 Å². The van der Waals surface area contributed by atoms with Gasteiger partial charge in [0.1, 0.15) is 5.69 Å². The van der Waals surface area contributed by atoms with Crippen LogP contribution >= 0.6 is 23.2 Å². The third-order valence-electron chi connectivity index (χ3n) is 1.96. The summed E-state index contributed by atoms with van der Waals surface area (Å²) in [5.41, 5.74) is 0.208. The minimum atomic E-state index is -0.457. The lowest BCUT2D eigenvalue weighted by Crippen LogP contribution is -2.12. The second kappa shape index (κ2) is 4.65. The number of carbonyl (C=O) groups excluding carboxylic acids is 1. The number of hydrogen-bond acceptors (Lipinski definition) is 2. The van der Waals surface area contributed by atoms with Crippen LogP contribution in [0.25, 0.3) is 0 Å². The Morgan fingerprint density at radius 2 is 1.71 bits per heavy atom. The molecule has 1 amide bonds. The minimum Gasteiger partial charge on any atom is -0.321 e. The molecule has 0 saturated heterocycles. The lowest BCUT2D eigenvalue weighted by atomic mass is 10.3. The number of nitrogens with one attached hydrogen (secondary N) is 3. The van der Waals surface area contributed by atoms with E-state index in [0.29, 0.717) is 15.7 Å². The van der Waals surface area contributed by atoms with Crippen molar-refractivity contribution in [3.63, 3.8) is 0 Å². The molecule has 7 heteroatoms. The molecule has 0 atom stereocenters. The van der Waals surface area contributed by atoms with E-state index in [-0.39, 0.29) is 11.3 Å². The van der Waals surface area contributed by atoms with Gasteiger partial charge in [0.05, 0.1) is 0 Å². The van der Waals surface area contributed by atoms with E-state index in [1.807, 2.05) is 0 Å². The van der Waals surface area contributed by atoms with Gasteiger partial charge in [0, 0.05) is 21.8 Å². The van der Waals surface area contributed by atoms with Crippen molar-refractivity contribution in [2.45, 2.75) is 0 Å². The fraction of sp³-hybridized carbons (Fsp3) is 0. The van der Waals surface area contributed by atoms with Crippen LogP contribution in [0, 0.1) is 0 Å². The topological polar surface area (TPSA) is 77.8 Å². The zero-order chi connectivity index (χ0) is 12.4. The maximum Gasteiger partial charge on any atom is 0.273 e. The Morgan fingerprint density at radius 1 is 1.06 bits per heavy atom. The van der Waals surface area contributed by atoms with Gasteiger partial charge in [-0.2, -0.15) is 0 Å². The van der Waals surface area contributed by atoms with Crippen LogP contribution in [-0.4, -0.2) is 16.1 Å². The SMILES string of the molecule is O=C(Nc1cc(Cl)cc(Cl)c1)c1cc(=O)[nH][nH]1. The summed E-state index contributed by atoms with van der Waals surface area (Å²) in [4.78, 5) is 22.5. The third kappa shape index (κ3) is 2.89. The first-order valence-electron chi connectivity index (χ1n) is 4.60. The van der Waals surface area contributed by atoms with Gasteiger partial charge in [-0.3, -0.25) is 19.8 Å². The average molecular weight is 272 g/mol. The number of hydrogen-bond donors (Lipinski definition) is 3. The smallest absolute Gasteiger partial charge is 0.273 e. The predicted molar refractivity (Wildman–Crippen MR) is 65.8 cm³/mol. The molecule has 1 heterocycles. The second-order valence-electron chi connectivity index (χ2n) is 3.28. The molecule has 0 unspecified atom stereocenters. The van der Waals surface area contributed by atoms with E-state index in [0.717, 1.165) is 6.07 Å². The molecule has 17 heavy (non-hydrogen) atoms. The fourth-order valence-electron chi connectivity index (χ4n) is 1.28. The average Bonchev–Trinajstić information content (AvgIpc) is 2.63. The predicted octanol–water partition coefficient (Wildman–Crippen LogP) is 2.26. The standard InChI is InChI=1S/C10H7Cl2N3O2/c11-5-1-6(12)3-7(2-5)13-10(17)8-4-9(16)15-14-8/h1-4H,(H,13,17)(H2,14,15,16). The van der Waals surface area contributed by atoms with Gasteiger partial charge in [0.15, 0.2) is 0 Å². The molecule has 0 aliphatic heterocycles. The summed E-state index contributed by atoms with van der Waals surface area (Å²) in [7, 11) is 0. The van der Waals surface area contributed by atoms with Gasteiger partial charge in [0.2, 0.25) is 0 Å². The molecule has 2 aromatic rings. The molecule has 0 spiro atoms. The fourth-order valence-corrected chi connectivity index (χ4v) is 1.80. The van der Waals surface area contributed by atoms with Crippen LogP contribution in [-0.2, 0) is 0 Å². The summed E-state index contributed by atoms with van der Waals surface area (Å²) >= 11 is 11.6. The zero-order valence-electron chi connectivity index (χ0n) is 8.38. The normalized spacial score (nSPS) is 10.2. The lowest BCUT2D eigenvalue weighted by Gasteiger charge is -2.04. The molecule has 2 rings (SSSR count). The van der Waals surface area contributed by atoms with Gasteiger partial charge in [0.25, 0.3) is 11.5 Å². The molecular weight excluding hydrogens is 265 g/mol. The molecule has 0 bridgehead atoms. The minimum absolute atomic E-state index is 0.131. The van der Waals surface area contributed by atoms with E-state index >= 15 is 0 Å². The van der Waals surface area contributed by atoms with E-state index in [1.54, 1.807) is 18.2 Å². The Labute approximate surface area is 106 Å². The summed E-state index contributed by atoms with van der Waals surface area (Å²) in [6, 6.07) is 5.81. The van der Waals surface area contributed by atoms with Crippen molar-refractivity contribution < 1.29 is 4.79 Å². The number of rotatable bonds is 2. The van der Waals surface area contributed by atoms with Crippen molar-refractivity contribution in [1.82, 2.24) is 10.2 Å². The number of amides is 1. The first-order chi connectivity index (χ1) is 8.04. The number of benzene rings is 1. The van der Waals surface area contributed by atoms with Crippen LogP contribution in [0.2, 0.25) is 10.0 Å². The molecule has 0 radical (unpaired) electrons. The van der Waals surface area contributed by atoms with Crippen LogP contribution in [0.3, 0.4) is 0 Å². The monoisotopic (exact) mass is 271 g/mol. The quantitative estimate of drug-likeness (QED) is 0.784. The zero-order valence-corrected chi connectivity index (χ0v) is 9.89. The Hall–Kier alpha value is -1.72. The van der Waals surface area contributed by atoms with E-state index < -0.39 is 5.91 Å². The van der Waals surface area contributed by atoms with Crippen molar-refractivity contribution in [1.29, 1.82) is 0 Å². The molecule has 0 aliphatic carbocycles. The molecule has 0 fully saturated rings. The highest BCUT2D eigenvalue weighted by Gasteiger charge is 2.09. The summed E-state index contributed by atoms with van der Waals surface area (Å²) in [5.74, 6) is -0.457. The van der Waals surface area contributed by atoms with E-state index in [2.05, 4.69) is 15.5 Å². The first kappa shape index (κ1) is 11.8. The van der Waals surface area contributed by atoms with Crippen molar-refractivity contribution in [3.05, 3.63) is 50.4 Å². The number of halogens is 2. The van der Waals surface area contributed by atoms with Crippen LogP contribution in [0.15, 0.2) is 29.1 Å². The van der Waals surface area contributed by atoms with Crippen molar-refractivity contribution in [2.24, 2.45) is 0 Å². The Morgan fingerprint density at radius 3 is 2.24 bits per heavy atom. The number of anilines is 1. The van der Waals surface area contributed by atoms with E-state index in [9.17, 15) is 9.59 Å². The highest BCUT2D eigenvalue weighted by molar-refractivity contribution is 6.35. The second-order valence-corrected chi connectivity index (χ2v) is 4.16. The number of aromatic nitrogens is 2. The molecule has 88 valence electrons. The van der Waals surface area contributed by atoms with Gasteiger partial charge in [-0.05, 0) is 18.2 Å². The summed E-state index contributed by atoms with van der Waals surface area (Å²) in [6.45, 7) is 0. The third-order valence-corrected chi connectivity index (χ3v) is 2.40. The van der Waals surface area contributed by atoms with Crippen LogP contribution in [0.1, 0.15) is 10.5 Å². The largest absolute Gasteiger partial charge is 0.321 e. The number of aromatic amines is 2. The molecule has 5 nitrogen and oxygen atoms in total. The van der Waals surface area contributed by atoms with E-state index in [4.69, 9.17) is 23.2 Å². The van der Waals surface area contributed by atoms with Crippen molar-refractivity contribution >= 4 is 34.8 Å². The lowest BCUT2D eigenvalue weighted by molar-refractivity contribution is 0.102. The summed E-state index contributed by atoms with van der Waals surface area (Å²) < 4.78 is 0. The number of carbonyl (C=O) groups is 1. The van der Waals surface area contributed by atoms with Gasteiger partial charge < -0.3 is 5.32 Å². The molecule has 0 aliphatic rings. The molecule has 1 aromatic carbocycles. The first-order valence-corrected chi connectivity index (χ1v) is 5.35.